The molecule has 0 bridgehead atoms. The molecule has 1 heterocycles. The largest absolute Gasteiger partial charge is 0.494 e. The fraction of sp³-hybridized carbons (Fsp3) is 0.429. The Kier molecular flexibility index (Phi) is 4.84. The van der Waals surface area contributed by atoms with E-state index in [1.807, 2.05) is 0 Å². The van der Waals surface area contributed by atoms with E-state index >= 15 is 0 Å². The lowest BCUT2D eigenvalue weighted by Gasteiger charge is -2.30. The van der Waals surface area contributed by atoms with Gasteiger partial charge < -0.3 is 9.47 Å². The summed E-state index contributed by atoms with van der Waals surface area (Å²) in [6.07, 6.45) is 2.02. The van der Waals surface area contributed by atoms with E-state index in [-0.39, 0.29) is 29.3 Å². The van der Waals surface area contributed by atoms with Gasteiger partial charge in [-0.25, -0.2) is 13.2 Å². The number of hydrogen-bond acceptors (Lipinski definition) is 2. The van der Waals surface area contributed by atoms with Crippen molar-refractivity contribution in [2.75, 3.05) is 13.7 Å². The Labute approximate surface area is 155 Å². The summed E-state index contributed by atoms with van der Waals surface area (Å²) in [5.74, 6) is -3.91. The number of methoxy groups -OCH3 is 1. The van der Waals surface area contributed by atoms with Crippen molar-refractivity contribution in [3.05, 3.63) is 64.2 Å². The Hall–Kier alpha value is -2.08. The monoisotopic (exact) mass is 380 g/mol. The Bertz CT molecular complexity index is 856. The third kappa shape index (κ3) is 3.31. The molecule has 1 saturated carbocycles. The molecule has 144 valence electrons. The van der Waals surface area contributed by atoms with Crippen LogP contribution in [-0.2, 0) is 4.74 Å². The second-order valence-corrected chi connectivity index (χ2v) is 7.23. The molecule has 2 nitrogen and oxygen atoms in total. The molecule has 0 N–H and O–H groups in total. The van der Waals surface area contributed by atoms with Crippen LogP contribution in [0.25, 0.3) is 0 Å². The van der Waals surface area contributed by atoms with Crippen molar-refractivity contribution in [2.24, 2.45) is 0 Å². The van der Waals surface area contributed by atoms with Crippen LogP contribution in [0.15, 0.2) is 24.3 Å². The Morgan fingerprint density at radius 3 is 1.70 bits per heavy atom. The molecule has 1 atom stereocenters. The average molecular weight is 380 g/mol. The first kappa shape index (κ1) is 18.3. The third-order valence-electron chi connectivity index (χ3n) is 5.73. The summed E-state index contributed by atoms with van der Waals surface area (Å²) >= 11 is 0. The van der Waals surface area contributed by atoms with E-state index in [1.165, 1.54) is 13.2 Å². The van der Waals surface area contributed by atoms with Gasteiger partial charge in [-0.05, 0) is 54.7 Å². The van der Waals surface area contributed by atoms with E-state index in [2.05, 4.69) is 0 Å². The first-order chi connectivity index (χ1) is 13.0. The molecule has 2 aliphatic rings. The highest BCUT2D eigenvalue weighted by molar-refractivity contribution is 5.35. The molecule has 4 rings (SSSR count). The molecule has 2 aromatic carbocycles. The van der Waals surface area contributed by atoms with Crippen LogP contribution in [-0.4, -0.2) is 13.7 Å². The lowest BCUT2D eigenvalue weighted by Crippen LogP contribution is -2.15. The molecule has 1 aliphatic carbocycles. The summed E-state index contributed by atoms with van der Waals surface area (Å²) in [7, 11) is 1.29. The lowest BCUT2D eigenvalue weighted by atomic mass is 9.75. The molecule has 0 spiro atoms. The van der Waals surface area contributed by atoms with Gasteiger partial charge in [-0.1, -0.05) is 18.2 Å². The highest BCUT2D eigenvalue weighted by Crippen LogP contribution is 2.44. The molecule has 1 unspecified atom stereocenters. The maximum Gasteiger partial charge on any atom is 0.200 e. The summed E-state index contributed by atoms with van der Waals surface area (Å²) < 4.78 is 66.9. The van der Waals surface area contributed by atoms with Crippen molar-refractivity contribution in [2.45, 2.75) is 43.6 Å². The second-order valence-electron chi connectivity index (χ2n) is 7.23. The van der Waals surface area contributed by atoms with Gasteiger partial charge in [0, 0.05) is 5.56 Å². The molecule has 2 fully saturated rings. The number of halogens is 4. The zero-order valence-corrected chi connectivity index (χ0v) is 14.9. The number of epoxide rings is 1. The molecule has 1 aliphatic heterocycles. The van der Waals surface area contributed by atoms with Crippen molar-refractivity contribution < 1.29 is 27.0 Å². The van der Waals surface area contributed by atoms with Gasteiger partial charge in [-0.15, -0.1) is 0 Å². The number of rotatable bonds is 4. The minimum atomic E-state index is -0.983. The summed E-state index contributed by atoms with van der Waals surface area (Å²) in [6.45, 7) is 0.421. The quantitative estimate of drug-likeness (QED) is 0.497. The predicted molar refractivity (Wildman–Crippen MR) is 91.9 cm³/mol. The van der Waals surface area contributed by atoms with E-state index in [4.69, 9.17) is 9.47 Å². The average Bonchev–Trinajstić information content (AvgIpc) is 3.51. The van der Waals surface area contributed by atoms with Gasteiger partial charge in [0.1, 0.15) is 6.10 Å². The smallest absolute Gasteiger partial charge is 0.200 e. The van der Waals surface area contributed by atoms with E-state index < -0.39 is 23.3 Å². The topological polar surface area (TPSA) is 21.8 Å². The zero-order chi connectivity index (χ0) is 19.1. The van der Waals surface area contributed by atoms with Gasteiger partial charge in [0.15, 0.2) is 23.2 Å². The van der Waals surface area contributed by atoms with Crippen molar-refractivity contribution in [3.8, 4) is 5.75 Å². The third-order valence-corrected chi connectivity index (χ3v) is 5.73. The Morgan fingerprint density at radius 1 is 0.741 bits per heavy atom. The van der Waals surface area contributed by atoms with Gasteiger partial charge in [-0.2, -0.15) is 4.39 Å². The highest BCUT2D eigenvalue weighted by atomic mass is 19.2. The van der Waals surface area contributed by atoms with E-state index in [0.29, 0.717) is 43.4 Å². The van der Waals surface area contributed by atoms with Gasteiger partial charge >= 0.3 is 0 Å². The summed E-state index contributed by atoms with van der Waals surface area (Å²) in [6, 6.07) is 6.20. The summed E-state index contributed by atoms with van der Waals surface area (Å²) in [5.41, 5.74) is 0.942. The normalized spacial score (nSPS) is 24.7. The number of ether oxygens (including phenoxy) is 2. The molecule has 2 aromatic rings. The molecule has 0 radical (unpaired) electrons. The maximum absolute atomic E-state index is 14.5. The SMILES string of the molecule is COc1ccc(C2CCC(c3ccc(C4CO4)c(F)c3F)CC2)c(F)c1F. The van der Waals surface area contributed by atoms with Crippen molar-refractivity contribution in [1.82, 2.24) is 0 Å². The molecular formula is C21H20F4O2. The second kappa shape index (κ2) is 7.15. The minimum Gasteiger partial charge on any atom is -0.494 e. The lowest BCUT2D eigenvalue weighted by molar-refractivity contribution is 0.352. The molecule has 0 aromatic heterocycles. The van der Waals surface area contributed by atoms with E-state index in [0.717, 1.165) is 0 Å². The fourth-order valence-electron chi connectivity index (χ4n) is 4.11. The van der Waals surface area contributed by atoms with Gasteiger partial charge in [0.05, 0.1) is 13.7 Å². The van der Waals surface area contributed by atoms with Crippen LogP contribution >= 0.6 is 0 Å². The predicted octanol–water partition coefficient (Wildman–Crippen LogP) is 5.76. The number of hydrogen-bond donors (Lipinski definition) is 0. The standard InChI is InChI=1S/C21H20F4O2/c1-26-16-9-8-14(19(23)21(16)25)12-4-2-11(3-5-12)13-6-7-15(17-10-27-17)20(24)18(13)22/h6-9,11-12,17H,2-5,10H2,1H3. The molecule has 27 heavy (non-hydrogen) atoms. The van der Waals surface area contributed by atoms with Crippen molar-refractivity contribution >= 4 is 0 Å². The first-order valence-electron chi connectivity index (χ1n) is 9.12. The highest BCUT2D eigenvalue weighted by Gasteiger charge is 2.33. The first-order valence-corrected chi connectivity index (χ1v) is 9.12. The van der Waals surface area contributed by atoms with Crippen LogP contribution in [0.1, 0.15) is 60.3 Å². The van der Waals surface area contributed by atoms with Crippen LogP contribution in [0.3, 0.4) is 0 Å². The zero-order valence-electron chi connectivity index (χ0n) is 14.9. The van der Waals surface area contributed by atoms with Gasteiger partial charge in [0.2, 0.25) is 5.82 Å². The van der Waals surface area contributed by atoms with Gasteiger partial charge in [-0.3, -0.25) is 0 Å². The van der Waals surface area contributed by atoms with Crippen LogP contribution in [0.5, 0.6) is 5.75 Å². The van der Waals surface area contributed by atoms with E-state index in [1.54, 1.807) is 18.2 Å². The van der Waals surface area contributed by atoms with Crippen LogP contribution < -0.4 is 4.74 Å². The van der Waals surface area contributed by atoms with Crippen molar-refractivity contribution in [1.29, 1.82) is 0 Å². The molecular weight excluding hydrogens is 360 g/mol. The van der Waals surface area contributed by atoms with Crippen LogP contribution in [0.2, 0.25) is 0 Å². The van der Waals surface area contributed by atoms with Crippen LogP contribution in [0, 0.1) is 23.3 Å². The van der Waals surface area contributed by atoms with Crippen LogP contribution in [0.4, 0.5) is 17.6 Å². The number of benzene rings is 2. The summed E-state index contributed by atoms with van der Waals surface area (Å²) in [4.78, 5) is 0. The minimum absolute atomic E-state index is 0.123. The molecule has 1 saturated heterocycles. The fourth-order valence-corrected chi connectivity index (χ4v) is 4.11. The maximum atomic E-state index is 14.5. The Balaban J connectivity index is 1.50. The molecule has 0 amide bonds. The molecule has 6 heteroatoms. The summed E-state index contributed by atoms with van der Waals surface area (Å²) in [5, 5.41) is 0. The Morgan fingerprint density at radius 2 is 1.19 bits per heavy atom. The van der Waals surface area contributed by atoms with Crippen molar-refractivity contribution in [3.63, 3.8) is 0 Å². The van der Waals surface area contributed by atoms with Gasteiger partial charge in [0.25, 0.3) is 0 Å². The van der Waals surface area contributed by atoms with E-state index in [9.17, 15) is 17.6 Å².